The van der Waals surface area contributed by atoms with E-state index in [-0.39, 0.29) is 19.4 Å². The van der Waals surface area contributed by atoms with Gasteiger partial charge in [-0.15, -0.1) is 0 Å². The van der Waals surface area contributed by atoms with Crippen LogP contribution in [0.3, 0.4) is 0 Å². The lowest BCUT2D eigenvalue weighted by atomic mass is 9.84. The van der Waals surface area contributed by atoms with E-state index in [4.69, 9.17) is 108 Å². The molecule has 38 atom stereocenters. The van der Waals surface area contributed by atoms with Gasteiger partial charge in [0.15, 0.2) is 37.7 Å². The molecule has 6 saturated heterocycles. The molecule has 48 heteroatoms. The molecule has 6 heterocycles. The van der Waals surface area contributed by atoms with E-state index in [0.29, 0.717) is 0 Å². The Labute approximate surface area is 529 Å². The van der Waals surface area contributed by atoms with Gasteiger partial charge in [-0.2, -0.15) is 0 Å². The fraction of sp³-hybridized carbons (Fsp3) is 1.00. The molecule has 6 aliphatic heterocycles. The van der Waals surface area contributed by atoms with E-state index in [9.17, 15) is 87.2 Å². The maximum atomic E-state index is 11.3. The summed E-state index contributed by atoms with van der Waals surface area (Å²) in [5, 5.41) is 184. The van der Waals surface area contributed by atoms with Gasteiger partial charge in [0.1, 0.15) is 122 Å². The Morgan fingerprint density at radius 1 is 0.340 bits per heavy atom. The van der Waals surface area contributed by atoms with Crippen molar-refractivity contribution in [3.8, 4) is 0 Å². The van der Waals surface area contributed by atoms with Crippen LogP contribution in [0.1, 0.15) is 12.8 Å². The standard InChI is InChI=1S/C23H35N15O14.C23H45N5O14/c24-34-29-2-7-13(42)15(44)10(32-37-27)21(47-7)51-19-9(4-40)49-23(17(19)46)52-20-12(41)5(30-35-25)1-6(31-36-26)18(20)50-22-11(33-38-28)16(45)14(43)8(3-39)48-22;24-2-7-13(32)15(34)10(27)21(37-7)41-19-9(4-30)39-23(17(19)36)42-20-12(31)5(25)1-6(26)18(20)40-22-11(28)16(35)14(33)8(3-29)38-22/h5-23,39-46H,1-4H2;5-23,29-36H,1-4,24-28H2/t2*5-,6?,7+,8?,9-,10?,11?,12?,13-,14-,15?,16-,17?,18-,19+,20-,21-,22-,23+/m11/s1. The Balaban J connectivity index is 0.000000272. The molecule has 2 saturated carbocycles. The number of aliphatic hydroxyl groups excluding tert-OH is 16. The van der Waals surface area contributed by atoms with Crippen molar-refractivity contribution >= 4 is 0 Å². The topological polar surface area (TPSA) is 808 Å². The number of nitrogens with two attached hydrogens (primary N) is 5. The lowest BCUT2D eigenvalue weighted by molar-refractivity contribution is -0.310. The SMILES string of the molecule is NC[C@@H]1O[C@H](O[C@@H]2C(O)[C@H](O[C@@H]3C(O)[C@H](N)CC(N)[C@H]3O[C@H]3OC(CO)[C@@H](O)[C@H](O)C3N)O[C@@H]2CO)C(N)C(O)[C@@H]1O.[N-]=[N+]=NC[C@@H]1O[C@H](O[C@@H]2C(O)[C@H](O[C@@H]3C(O)[C@H](N=[N+]=[N-])CC(N=[N+]=[N-])[C@H]3O[C@H]3OC(CO)[C@@H](O)[C@H](O)C3N=[N+]=[N-])O[C@@H]2CO)C(N=[N+]=[N-])C(O)[C@@H]1O. The van der Waals surface area contributed by atoms with Gasteiger partial charge >= 0.3 is 0 Å². The van der Waals surface area contributed by atoms with Crippen molar-refractivity contribution in [2.75, 3.05) is 39.5 Å². The molecule has 0 aromatic rings. The molecule has 48 nitrogen and oxygen atoms in total. The van der Waals surface area contributed by atoms with Crippen molar-refractivity contribution in [1.82, 2.24) is 0 Å². The van der Waals surface area contributed by atoms with E-state index in [0.717, 1.165) is 0 Å². The first-order valence-electron chi connectivity index (χ1n) is 29.2. The van der Waals surface area contributed by atoms with E-state index in [1.807, 2.05) is 0 Å². The highest BCUT2D eigenvalue weighted by atomic mass is 16.8. The summed E-state index contributed by atoms with van der Waals surface area (Å²) < 4.78 is 68.8. The molecule has 8 fully saturated rings. The summed E-state index contributed by atoms with van der Waals surface area (Å²) in [5.74, 6) is 0. The van der Waals surface area contributed by atoms with E-state index in [1.54, 1.807) is 0 Å². The Hall–Kier alpha value is -4.77. The second kappa shape index (κ2) is 34.6. The predicted molar refractivity (Wildman–Crippen MR) is 298 cm³/mol. The van der Waals surface area contributed by atoms with Gasteiger partial charge in [-0.1, -0.05) is 25.6 Å². The number of azide groups is 5. The minimum atomic E-state index is -1.92. The van der Waals surface area contributed by atoms with Gasteiger partial charge in [-0.25, -0.2) is 0 Å². The van der Waals surface area contributed by atoms with E-state index < -0.39 is 266 Å². The van der Waals surface area contributed by atoms with Crippen LogP contribution in [-0.2, 0) is 56.8 Å². The highest BCUT2D eigenvalue weighted by molar-refractivity contribution is 5.06. The monoisotopic (exact) mass is 1360 g/mol. The van der Waals surface area contributed by atoms with Crippen molar-refractivity contribution in [3.05, 3.63) is 52.2 Å². The molecule has 0 bridgehead atoms. The summed E-state index contributed by atoms with van der Waals surface area (Å²) in [4.78, 5) is 13.2. The van der Waals surface area contributed by atoms with Crippen molar-refractivity contribution in [2.45, 2.75) is 245 Å². The van der Waals surface area contributed by atoms with Crippen molar-refractivity contribution in [3.63, 3.8) is 0 Å². The molecule has 14 unspecified atom stereocenters. The first-order chi connectivity index (χ1) is 44.8. The first-order valence-corrected chi connectivity index (χ1v) is 29.2. The smallest absolute Gasteiger partial charge is 0.187 e. The van der Waals surface area contributed by atoms with Crippen LogP contribution < -0.4 is 28.7 Å². The van der Waals surface area contributed by atoms with Crippen LogP contribution in [-0.4, -0.2) is 354 Å². The van der Waals surface area contributed by atoms with Crippen LogP contribution in [0.2, 0.25) is 0 Å². The zero-order valence-corrected chi connectivity index (χ0v) is 49.2. The van der Waals surface area contributed by atoms with Gasteiger partial charge in [-0.3, -0.25) is 0 Å². The third-order valence-corrected chi connectivity index (χ3v) is 17.2. The Morgan fingerprint density at radius 3 is 1.18 bits per heavy atom. The molecule has 0 radical (unpaired) electrons. The van der Waals surface area contributed by atoms with Crippen molar-refractivity contribution in [2.24, 2.45) is 54.2 Å². The average molecular weight is 1360 g/mol. The van der Waals surface area contributed by atoms with Crippen molar-refractivity contribution < 1.29 is 139 Å². The van der Waals surface area contributed by atoms with Gasteiger partial charge in [0.25, 0.3) is 0 Å². The predicted octanol–water partition coefficient (Wildman–Crippen LogP) is -11.0. The van der Waals surface area contributed by atoms with E-state index >= 15 is 0 Å². The summed E-state index contributed by atoms with van der Waals surface area (Å²) in [5.41, 5.74) is 75.2. The highest BCUT2D eigenvalue weighted by Gasteiger charge is 2.58. The molecular formula is C46H80N20O28. The number of rotatable bonds is 23. The third-order valence-electron chi connectivity index (χ3n) is 17.2. The normalized spacial score (nSPS) is 48.6. The summed E-state index contributed by atoms with van der Waals surface area (Å²) in [6, 6.07) is -10.4. The number of nitrogens with zero attached hydrogens (tertiary/aromatic N) is 15. The summed E-state index contributed by atoms with van der Waals surface area (Å²) in [6.07, 6.45) is -46.5. The van der Waals surface area contributed by atoms with Crippen molar-refractivity contribution in [1.29, 1.82) is 0 Å². The second-order valence-electron chi connectivity index (χ2n) is 23.0. The molecular weight excluding hydrogens is 1280 g/mol. The van der Waals surface area contributed by atoms with Gasteiger partial charge in [0, 0.05) is 43.2 Å². The quantitative estimate of drug-likeness (QED) is 0.0257. The summed E-state index contributed by atoms with van der Waals surface area (Å²) in [7, 11) is 0. The number of hydrogen-bond donors (Lipinski definition) is 21. The maximum Gasteiger partial charge on any atom is 0.187 e. The summed E-state index contributed by atoms with van der Waals surface area (Å²) >= 11 is 0. The van der Waals surface area contributed by atoms with Crippen LogP contribution in [0.15, 0.2) is 25.6 Å². The minimum absolute atomic E-state index is 0.0642. The third kappa shape index (κ3) is 16.7. The van der Waals surface area contributed by atoms with Crippen LogP contribution in [0.25, 0.3) is 52.2 Å². The Kier molecular flexibility index (Phi) is 28.2. The molecule has 0 amide bonds. The number of hydrogen-bond acceptors (Lipinski definition) is 38. The molecule has 0 aromatic carbocycles. The zero-order chi connectivity index (χ0) is 69.2. The Morgan fingerprint density at radius 2 is 0.713 bits per heavy atom. The first kappa shape index (κ1) is 76.6. The van der Waals surface area contributed by atoms with Gasteiger partial charge in [0.2, 0.25) is 0 Å². The number of ether oxygens (including phenoxy) is 12. The van der Waals surface area contributed by atoms with Crippen LogP contribution in [0.4, 0.5) is 0 Å². The van der Waals surface area contributed by atoms with Gasteiger partial charge < -0.3 is 167 Å². The minimum Gasteiger partial charge on any atom is -0.394 e. The van der Waals surface area contributed by atoms with Crippen LogP contribution >= 0.6 is 0 Å². The molecule has 2 aliphatic carbocycles. The number of aliphatic hydroxyl groups is 16. The maximum absolute atomic E-state index is 11.3. The lowest BCUT2D eigenvalue weighted by Crippen LogP contribution is -2.68. The molecule has 26 N–H and O–H groups in total. The fourth-order valence-electron chi connectivity index (χ4n) is 12.0. The summed E-state index contributed by atoms with van der Waals surface area (Å²) in [6.45, 7) is -3.69. The largest absolute Gasteiger partial charge is 0.394 e. The fourth-order valence-corrected chi connectivity index (χ4v) is 12.0. The molecule has 0 aromatic heterocycles. The second-order valence-corrected chi connectivity index (χ2v) is 23.0. The Bertz CT molecular complexity index is 2680. The van der Waals surface area contributed by atoms with Gasteiger partial charge in [0.05, 0.1) is 93.8 Å². The molecule has 532 valence electrons. The molecule has 0 spiro atoms. The van der Waals surface area contributed by atoms with Crippen LogP contribution in [0.5, 0.6) is 0 Å². The molecule has 8 rings (SSSR count). The molecule has 8 aliphatic rings. The van der Waals surface area contributed by atoms with Gasteiger partial charge in [-0.05, 0) is 40.5 Å². The lowest BCUT2D eigenvalue weighted by Gasteiger charge is -2.47. The highest BCUT2D eigenvalue weighted by Crippen LogP contribution is 2.39. The van der Waals surface area contributed by atoms with E-state index in [1.165, 1.54) is 0 Å². The molecule has 94 heavy (non-hydrogen) atoms. The van der Waals surface area contributed by atoms with E-state index in [2.05, 4.69) is 50.1 Å². The van der Waals surface area contributed by atoms with Crippen LogP contribution in [0, 0.1) is 0 Å². The zero-order valence-electron chi connectivity index (χ0n) is 49.2. The average Bonchev–Trinajstić information content (AvgIpc) is 1.36.